The van der Waals surface area contributed by atoms with Crippen LogP contribution in [0.4, 0.5) is 0 Å². The van der Waals surface area contributed by atoms with E-state index < -0.39 is 24.1 Å². The van der Waals surface area contributed by atoms with Crippen molar-refractivity contribution in [2.24, 2.45) is 0 Å². The minimum atomic E-state index is -2.77. The molecule has 0 aliphatic carbocycles. The van der Waals surface area contributed by atoms with E-state index in [1.165, 1.54) is 0 Å². The Labute approximate surface area is 310 Å². The van der Waals surface area contributed by atoms with Crippen molar-refractivity contribution in [2.45, 2.75) is 0 Å². The van der Waals surface area contributed by atoms with Crippen LogP contribution >= 0.6 is 24.1 Å². The molecule has 0 saturated carbocycles. The third-order valence-electron chi connectivity index (χ3n) is 7.06. The minimum Gasteiger partial charge on any atom is -0.507 e. The summed E-state index contributed by atoms with van der Waals surface area (Å²) in [5, 5.41) is 30.2. The molecular formula is C36H33O9P3Y. The number of phenols is 3. The van der Waals surface area contributed by atoms with Crippen LogP contribution in [0.15, 0.2) is 146 Å². The molecule has 0 aliphatic rings. The molecule has 3 atom stereocenters. The molecule has 13 heteroatoms. The quantitative estimate of drug-likeness (QED) is 0.104. The van der Waals surface area contributed by atoms with E-state index in [1.54, 1.807) is 146 Å². The van der Waals surface area contributed by atoms with Gasteiger partial charge in [0.1, 0.15) is 17.2 Å². The topological polar surface area (TPSA) is 173 Å². The second kappa shape index (κ2) is 19.5. The van der Waals surface area contributed by atoms with Crippen LogP contribution in [0, 0.1) is 0 Å². The fraction of sp³-hybridized carbons (Fsp3) is 0. The number of benzene rings is 6. The van der Waals surface area contributed by atoms with E-state index in [0.29, 0.717) is 49.3 Å². The van der Waals surface area contributed by atoms with Crippen molar-refractivity contribution in [1.82, 2.24) is 0 Å². The molecule has 0 amide bonds. The van der Waals surface area contributed by atoms with Gasteiger partial charge in [0.05, 0.1) is 0 Å². The van der Waals surface area contributed by atoms with Gasteiger partial charge in [0.15, 0.2) is 0 Å². The maximum Gasteiger partial charge on any atom is 0.218 e. The first-order valence-electron chi connectivity index (χ1n) is 14.4. The van der Waals surface area contributed by atoms with Gasteiger partial charge in [-0.3, -0.25) is 13.7 Å². The molecule has 0 spiro atoms. The van der Waals surface area contributed by atoms with Crippen molar-refractivity contribution in [1.29, 1.82) is 0 Å². The van der Waals surface area contributed by atoms with E-state index in [0.717, 1.165) is 0 Å². The van der Waals surface area contributed by atoms with Gasteiger partial charge in [-0.1, -0.05) is 109 Å². The Hall–Kier alpha value is -3.61. The number of hydrogen-bond acceptors (Lipinski definition) is 6. The number of phenolic OH excluding ortho intramolecular Hbond substituents is 3. The maximum absolute atomic E-state index is 11.2. The van der Waals surface area contributed by atoms with Crippen molar-refractivity contribution in [3.8, 4) is 50.6 Å². The summed E-state index contributed by atoms with van der Waals surface area (Å²) in [6.45, 7) is 0. The van der Waals surface area contributed by atoms with Crippen molar-refractivity contribution < 1.29 is 76.4 Å². The minimum absolute atomic E-state index is 0. The average molecular weight is 791 g/mol. The molecular weight excluding hydrogens is 758 g/mol. The van der Waals surface area contributed by atoms with Crippen LogP contribution in [0.25, 0.3) is 33.4 Å². The molecule has 6 aromatic carbocycles. The van der Waals surface area contributed by atoms with Crippen LogP contribution in [0.2, 0.25) is 0 Å². The first kappa shape index (κ1) is 39.8. The van der Waals surface area contributed by atoms with E-state index >= 15 is 0 Å². The van der Waals surface area contributed by atoms with Gasteiger partial charge in [-0.25, -0.2) is 0 Å². The molecule has 0 heterocycles. The van der Waals surface area contributed by atoms with Crippen LogP contribution in [0.5, 0.6) is 17.2 Å². The van der Waals surface area contributed by atoms with Gasteiger partial charge in [0.2, 0.25) is 24.1 Å². The summed E-state index contributed by atoms with van der Waals surface area (Å²) in [6.07, 6.45) is 0. The van der Waals surface area contributed by atoms with Gasteiger partial charge in [-0.05, 0) is 53.1 Å². The Balaban J connectivity index is 0.000000197. The average Bonchev–Trinajstić information content (AvgIpc) is 3.09. The van der Waals surface area contributed by atoms with Gasteiger partial charge in [0.25, 0.3) is 0 Å². The first-order valence-corrected chi connectivity index (χ1v) is 18.5. The van der Waals surface area contributed by atoms with Crippen molar-refractivity contribution >= 4 is 40.0 Å². The Morgan fingerprint density at radius 1 is 0.306 bits per heavy atom. The molecule has 0 saturated heterocycles. The summed E-state index contributed by atoms with van der Waals surface area (Å²) in [5.74, 6) is 0.328. The van der Waals surface area contributed by atoms with E-state index in [9.17, 15) is 43.7 Å². The zero-order chi connectivity index (χ0) is 34.6. The first-order chi connectivity index (χ1) is 23.1. The van der Waals surface area contributed by atoms with Crippen LogP contribution in [0.3, 0.4) is 0 Å². The standard InChI is InChI=1S/3C12H11O3P.Y/c3*13-11-7-3-1-5-9(11)10-6-2-4-8-12(10)16(14)15;/h3*1-8,13,16H,(H,14,15);. The van der Waals surface area contributed by atoms with Crippen molar-refractivity contribution in [3.05, 3.63) is 146 Å². The van der Waals surface area contributed by atoms with E-state index in [-0.39, 0.29) is 50.0 Å². The van der Waals surface area contributed by atoms with Gasteiger partial charge >= 0.3 is 0 Å². The molecule has 1 radical (unpaired) electrons. The Bertz CT molecular complexity index is 1850. The second-order valence-corrected chi connectivity index (χ2v) is 13.6. The molecule has 0 fully saturated rings. The van der Waals surface area contributed by atoms with Gasteiger partial charge < -0.3 is 30.0 Å². The van der Waals surface area contributed by atoms with Crippen molar-refractivity contribution in [2.75, 3.05) is 0 Å². The number of rotatable bonds is 6. The monoisotopic (exact) mass is 791 g/mol. The maximum atomic E-state index is 11.2. The van der Waals surface area contributed by atoms with Crippen LogP contribution in [-0.2, 0) is 46.4 Å². The summed E-state index contributed by atoms with van der Waals surface area (Å²) >= 11 is 0. The SMILES string of the molecule is O=[PH](O)c1ccccc1-c1ccccc1O.O=[PH](O)c1ccccc1-c1ccccc1O.O=[PH](O)c1ccccc1-c1ccccc1O.[Y]. The molecule has 249 valence electrons. The molecule has 6 N–H and O–H groups in total. The van der Waals surface area contributed by atoms with E-state index in [1.807, 2.05) is 0 Å². The Kier molecular flexibility index (Phi) is 15.9. The molecule has 0 bridgehead atoms. The second-order valence-electron chi connectivity index (χ2n) is 10.1. The van der Waals surface area contributed by atoms with Crippen LogP contribution in [0.1, 0.15) is 0 Å². The summed E-state index contributed by atoms with van der Waals surface area (Å²) in [4.78, 5) is 27.7. The van der Waals surface area contributed by atoms with Crippen LogP contribution in [-0.4, -0.2) is 30.0 Å². The molecule has 9 nitrogen and oxygen atoms in total. The Morgan fingerprint density at radius 3 is 0.694 bits per heavy atom. The molecule has 3 unspecified atom stereocenters. The number of hydrogen-bond donors (Lipinski definition) is 6. The summed E-state index contributed by atoms with van der Waals surface area (Å²) < 4.78 is 33.6. The van der Waals surface area contributed by atoms with Gasteiger partial charge in [0, 0.05) is 65.3 Å². The zero-order valence-corrected chi connectivity index (χ0v) is 31.7. The molecule has 0 aliphatic heterocycles. The van der Waals surface area contributed by atoms with E-state index in [4.69, 9.17) is 0 Å². The summed E-state index contributed by atoms with van der Waals surface area (Å²) in [5.41, 5.74) is 3.53. The fourth-order valence-electron chi connectivity index (χ4n) is 4.82. The Morgan fingerprint density at radius 2 is 0.490 bits per heavy atom. The predicted molar refractivity (Wildman–Crippen MR) is 193 cm³/mol. The summed E-state index contributed by atoms with van der Waals surface area (Å²) in [6, 6.07) is 40.7. The van der Waals surface area contributed by atoms with E-state index in [2.05, 4.69) is 0 Å². The number of para-hydroxylation sites is 3. The number of aromatic hydroxyl groups is 3. The molecule has 6 aromatic rings. The third-order valence-corrected chi connectivity index (χ3v) is 9.75. The fourth-order valence-corrected chi connectivity index (χ4v) is 6.88. The largest absolute Gasteiger partial charge is 0.507 e. The smallest absolute Gasteiger partial charge is 0.218 e. The van der Waals surface area contributed by atoms with Gasteiger partial charge in [-0.2, -0.15) is 0 Å². The van der Waals surface area contributed by atoms with Gasteiger partial charge in [-0.15, -0.1) is 0 Å². The predicted octanol–water partition coefficient (Wildman–Crippen LogP) is 6.45. The molecule has 6 rings (SSSR count). The molecule has 49 heavy (non-hydrogen) atoms. The molecule has 0 aromatic heterocycles. The van der Waals surface area contributed by atoms with Crippen LogP contribution < -0.4 is 15.9 Å². The zero-order valence-electron chi connectivity index (χ0n) is 25.8. The summed E-state index contributed by atoms with van der Waals surface area (Å²) in [7, 11) is -8.30. The van der Waals surface area contributed by atoms with Crippen molar-refractivity contribution in [3.63, 3.8) is 0 Å². The normalized spacial score (nSPS) is 12.1. The third kappa shape index (κ3) is 10.7.